The van der Waals surface area contributed by atoms with Crippen LogP contribution in [0.1, 0.15) is 59.1 Å². The molecule has 2 heterocycles. The van der Waals surface area contributed by atoms with E-state index in [-0.39, 0.29) is 29.4 Å². The molecular weight excluding hydrogens is 330 g/mol. The summed E-state index contributed by atoms with van der Waals surface area (Å²) in [6, 6.07) is 8.17. The summed E-state index contributed by atoms with van der Waals surface area (Å²) in [6.45, 7) is 12.4. The van der Waals surface area contributed by atoms with Crippen molar-refractivity contribution in [1.29, 1.82) is 0 Å². The van der Waals surface area contributed by atoms with Crippen LogP contribution < -0.4 is 4.74 Å². The van der Waals surface area contributed by atoms with Crippen LogP contribution in [0.3, 0.4) is 0 Å². The molecule has 2 unspecified atom stereocenters. The number of methoxy groups -OCH3 is 1. The Balaban J connectivity index is 1.64. The van der Waals surface area contributed by atoms with Crippen LogP contribution in [0.4, 0.5) is 0 Å². The summed E-state index contributed by atoms with van der Waals surface area (Å²) < 4.78 is 16.5. The number of hydrogen-bond donors (Lipinski definition) is 0. The number of epoxide rings is 1. The Kier molecular flexibility index (Phi) is 5.63. The van der Waals surface area contributed by atoms with Crippen molar-refractivity contribution in [3.63, 3.8) is 0 Å². The van der Waals surface area contributed by atoms with Crippen molar-refractivity contribution in [2.24, 2.45) is 0 Å². The molecule has 146 valence electrons. The van der Waals surface area contributed by atoms with Gasteiger partial charge in [0.15, 0.2) is 0 Å². The van der Waals surface area contributed by atoms with Crippen molar-refractivity contribution in [3.8, 4) is 5.75 Å². The first kappa shape index (κ1) is 19.6. The Morgan fingerprint density at radius 1 is 1.12 bits per heavy atom. The van der Waals surface area contributed by atoms with Crippen molar-refractivity contribution >= 4 is 0 Å². The van der Waals surface area contributed by atoms with Gasteiger partial charge in [-0.3, -0.25) is 4.84 Å². The molecule has 0 N–H and O–H groups in total. The van der Waals surface area contributed by atoms with E-state index in [2.05, 4.69) is 51.8 Å². The molecule has 1 aromatic rings. The zero-order chi connectivity index (χ0) is 18.9. The topological polar surface area (TPSA) is 43.5 Å². The molecule has 0 saturated carbocycles. The molecule has 0 amide bonds. The molecule has 0 spiro atoms. The standard InChI is InChI=1S/C21H33NO4/c1-15(16-7-9-17(10-8-16)24-13-19-14-25-19)26-22-20(2,3)11-18(23-6)12-21(22,4)5/h7-10,15,18-19H,11-14H2,1-6H3. The normalized spacial score (nSPS) is 26.5. The van der Waals surface area contributed by atoms with Crippen molar-refractivity contribution in [3.05, 3.63) is 29.8 Å². The minimum atomic E-state index is -0.0933. The van der Waals surface area contributed by atoms with Crippen molar-refractivity contribution in [2.45, 2.75) is 76.9 Å². The van der Waals surface area contributed by atoms with E-state index in [1.807, 2.05) is 12.1 Å². The van der Waals surface area contributed by atoms with E-state index in [0.717, 1.165) is 30.8 Å². The number of hydrogen-bond acceptors (Lipinski definition) is 5. The maximum Gasteiger partial charge on any atom is 0.119 e. The Hall–Kier alpha value is -1.14. The van der Waals surface area contributed by atoms with Gasteiger partial charge in [0.2, 0.25) is 0 Å². The molecule has 1 aromatic carbocycles. The minimum absolute atomic E-state index is 0.0338. The third kappa shape index (κ3) is 4.58. The molecule has 0 bridgehead atoms. The van der Waals surface area contributed by atoms with Gasteiger partial charge >= 0.3 is 0 Å². The summed E-state index contributed by atoms with van der Waals surface area (Å²) >= 11 is 0. The van der Waals surface area contributed by atoms with Gasteiger partial charge in [0.05, 0.1) is 12.7 Å². The van der Waals surface area contributed by atoms with Gasteiger partial charge in [0.25, 0.3) is 0 Å². The van der Waals surface area contributed by atoms with Crippen LogP contribution in [-0.2, 0) is 14.3 Å². The first-order chi connectivity index (χ1) is 12.2. The van der Waals surface area contributed by atoms with Crippen molar-refractivity contribution < 1.29 is 19.0 Å². The molecule has 0 aliphatic carbocycles. The van der Waals surface area contributed by atoms with Gasteiger partial charge in [-0.25, -0.2) is 0 Å². The summed E-state index contributed by atoms with van der Waals surface area (Å²) in [5.74, 6) is 0.873. The lowest BCUT2D eigenvalue weighted by Crippen LogP contribution is -2.61. The van der Waals surface area contributed by atoms with Crippen LogP contribution in [-0.4, -0.2) is 48.7 Å². The molecule has 2 saturated heterocycles. The van der Waals surface area contributed by atoms with Crippen molar-refractivity contribution in [2.75, 3.05) is 20.3 Å². The average molecular weight is 363 g/mol. The highest BCUT2D eigenvalue weighted by atomic mass is 16.7. The second-order valence-electron chi connectivity index (χ2n) is 8.77. The van der Waals surface area contributed by atoms with Gasteiger partial charge in [-0.05, 0) is 65.2 Å². The smallest absolute Gasteiger partial charge is 0.119 e. The molecule has 2 fully saturated rings. The van der Waals surface area contributed by atoms with Crippen LogP contribution in [0.15, 0.2) is 24.3 Å². The van der Waals surface area contributed by atoms with Gasteiger partial charge in [-0.2, -0.15) is 5.06 Å². The van der Waals surface area contributed by atoms with Gasteiger partial charge in [-0.1, -0.05) is 12.1 Å². The SMILES string of the molecule is COC1CC(C)(C)N(OC(C)c2ccc(OCC3CO3)cc2)C(C)(C)C1. The number of rotatable bonds is 7. The summed E-state index contributed by atoms with van der Waals surface area (Å²) in [5, 5.41) is 2.18. The van der Waals surface area contributed by atoms with Crippen LogP contribution in [0.25, 0.3) is 0 Å². The lowest BCUT2D eigenvalue weighted by atomic mass is 9.80. The van der Waals surface area contributed by atoms with E-state index in [1.165, 1.54) is 0 Å². The highest BCUT2D eigenvalue weighted by molar-refractivity contribution is 5.28. The number of nitrogens with zero attached hydrogens (tertiary/aromatic N) is 1. The molecule has 2 aliphatic heterocycles. The Morgan fingerprint density at radius 2 is 1.69 bits per heavy atom. The van der Waals surface area contributed by atoms with E-state index >= 15 is 0 Å². The zero-order valence-electron chi connectivity index (χ0n) is 17.0. The number of benzene rings is 1. The monoisotopic (exact) mass is 363 g/mol. The van der Waals surface area contributed by atoms with E-state index in [1.54, 1.807) is 7.11 Å². The van der Waals surface area contributed by atoms with Gasteiger partial charge in [-0.15, -0.1) is 0 Å². The fourth-order valence-electron chi connectivity index (χ4n) is 4.03. The van der Waals surface area contributed by atoms with Gasteiger partial charge < -0.3 is 14.2 Å². The molecule has 0 radical (unpaired) electrons. The molecule has 3 rings (SSSR count). The van der Waals surface area contributed by atoms with Crippen LogP contribution in [0, 0.1) is 0 Å². The average Bonchev–Trinajstić information content (AvgIpc) is 3.40. The van der Waals surface area contributed by atoms with E-state index < -0.39 is 0 Å². The predicted octanol–water partition coefficient (Wildman–Crippen LogP) is 4.12. The molecule has 5 nitrogen and oxygen atoms in total. The fourth-order valence-corrected chi connectivity index (χ4v) is 4.03. The minimum Gasteiger partial charge on any atom is -0.491 e. The highest BCUT2D eigenvalue weighted by Gasteiger charge is 2.47. The maximum atomic E-state index is 6.47. The number of piperidine rings is 1. The first-order valence-electron chi connectivity index (χ1n) is 9.55. The maximum absolute atomic E-state index is 6.47. The second kappa shape index (κ2) is 7.47. The van der Waals surface area contributed by atoms with Gasteiger partial charge in [0, 0.05) is 18.2 Å². The quantitative estimate of drug-likeness (QED) is 0.682. The molecular formula is C21H33NO4. The summed E-state index contributed by atoms with van der Waals surface area (Å²) in [7, 11) is 1.80. The Labute approximate surface area is 157 Å². The molecule has 2 atom stereocenters. The van der Waals surface area contributed by atoms with Crippen molar-refractivity contribution in [1.82, 2.24) is 5.06 Å². The molecule has 5 heteroatoms. The van der Waals surface area contributed by atoms with E-state index in [4.69, 9.17) is 19.0 Å². The second-order valence-corrected chi connectivity index (χ2v) is 8.77. The summed E-state index contributed by atoms with van der Waals surface area (Å²) in [6.07, 6.45) is 2.41. The van der Waals surface area contributed by atoms with Gasteiger partial charge in [0.1, 0.15) is 24.6 Å². The Bertz CT molecular complexity index is 577. The largest absolute Gasteiger partial charge is 0.491 e. The lowest BCUT2D eigenvalue weighted by molar-refractivity contribution is -0.314. The highest BCUT2D eigenvalue weighted by Crippen LogP contribution is 2.41. The summed E-state index contributed by atoms with van der Waals surface area (Å²) in [5.41, 5.74) is 0.953. The predicted molar refractivity (Wildman–Crippen MR) is 101 cm³/mol. The molecule has 2 aliphatic rings. The number of ether oxygens (including phenoxy) is 3. The lowest BCUT2D eigenvalue weighted by Gasteiger charge is -2.54. The number of hydroxylamine groups is 2. The fraction of sp³-hybridized carbons (Fsp3) is 0.714. The van der Waals surface area contributed by atoms with Crippen LogP contribution in [0.2, 0.25) is 0 Å². The first-order valence-corrected chi connectivity index (χ1v) is 9.55. The zero-order valence-corrected chi connectivity index (χ0v) is 17.0. The van der Waals surface area contributed by atoms with E-state index in [0.29, 0.717) is 6.61 Å². The van der Waals surface area contributed by atoms with E-state index in [9.17, 15) is 0 Å². The third-order valence-corrected chi connectivity index (χ3v) is 5.34. The third-order valence-electron chi connectivity index (χ3n) is 5.34. The summed E-state index contributed by atoms with van der Waals surface area (Å²) in [4.78, 5) is 6.47. The molecule has 0 aromatic heterocycles. The Morgan fingerprint density at radius 3 is 2.19 bits per heavy atom. The van der Waals surface area contributed by atoms with Crippen LogP contribution in [0.5, 0.6) is 5.75 Å². The molecule has 26 heavy (non-hydrogen) atoms. The van der Waals surface area contributed by atoms with Crippen LogP contribution >= 0.6 is 0 Å².